The lowest BCUT2D eigenvalue weighted by Gasteiger charge is -2.32. The quantitative estimate of drug-likeness (QED) is 0.744. The molecule has 0 radical (unpaired) electrons. The largest absolute Gasteiger partial charge is 0.389 e. The van der Waals surface area contributed by atoms with Gasteiger partial charge in [0.15, 0.2) is 0 Å². The fourth-order valence-electron chi connectivity index (χ4n) is 5.04. The van der Waals surface area contributed by atoms with E-state index in [0.717, 1.165) is 30.2 Å². The zero-order chi connectivity index (χ0) is 13.5. The number of nitrogens with one attached hydrogen (secondary N) is 1. The molecule has 0 aromatic heterocycles. The van der Waals surface area contributed by atoms with Crippen LogP contribution in [0.4, 0.5) is 13.2 Å². The Labute approximate surface area is 113 Å². The Morgan fingerprint density at radius 3 is 2.53 bits per heavy atom. The first kappa shape index (κ1) is 13.7. The summed E-state index contributed by atoms with van der Waals surface area (Å²) in [6, 6.07) is 0.607. The maximum atomic E-state index is 12.0. The Hall–Kier alpha value is -0.250. The van der Waals surface area contributed by atoms with Crippen LogP contribution in [0.2, 0.25) is 0 Å². The van der Waals surface area contributed by atoms with E-state index in [9.17, 15) is 13.2 Å². The summed E-state index contributed by atoms with van der Waals surface area (Å²) in [6.45, 7) is 0.765. The van der Waals surface area contributed by atoms with Gasteiger partial charge in [-0.15, -0.1) is 0 Å². The number of unbranched alkanes of at least 4 members (excludes halogenated alkanes) is 1. The molecule has 0 aromatic rings. The summed E-state index contributed by atoms with van der Waals surface area (Å²) in [5.74, 6) is 3.69. The fourth-order valence-corrected chi connectivity index (χ4v) is 5.04. The first-order chi connectivity index (χ1) is 9.04. The van der Waals surface area contributed by atoms with Gasteiger partial charge in [0.1, 0.15) is 0 Å². The van der Waals surface area contributed by atoms with Gasteiger partial charge in [0.05, 0.1) is 0 Å². The minimum atomic E-state index is -3.98. The molecule has 1 N–H and O–H groups in total. The van der Waals surface area contributed by atoms with Crippen LogP contribution in [0.1, 0.15) is 51.4 Å². The van der Waals surface area contributed by atoms with Crippen LogP contribution in [0.5, 0.6) is 0 Å². The zero-order valence-electron chi connectivity index (χ0n) is 11.4. The Morgan fingerprint density at radius 2 is 1.74 bits per heavy atom. The lowest BCUT2D eigenvalue weighted by atomic mass is 9.79. The van der Waals surface area contributed by atoms with Crippen LogP contribution >= 0.6 is 0 Å². The molecule has 1 nitrogen and oxygen atoms in total. The van der Waals surface area contributed by atoms with Crippen LogP contribution < -0.4 is 5.32 Å². The molecule has 19 heavy (non-hydrogen) atoms. The van der Waals surface area contributed by atoms with Crippen LogP contribution in [0.15, 0.2) is 0 Å². The first-order valence-electron chi connectivity index (χ1n) is 7.85. The van der Waals surface area contributed by atoms with Crippen LogP contribution in [-0.2, 0) is 0 Å². The Bertz CT molecular complexity index is 315. The van der Waals surface area contributed by atoms with E-state index < -0.39 is 12.6 Å². The van der Waals surface area contributed by atoms with E-state index in [-0.39, 0.29) is 6.42 Å². The van der Waals surface area contributed by atoms with E-state index >= 15 is 0 Å². The topological polar surface area (TPSA) is 12.0 Å². The van der Waals surface area contributed by atoms with Crippen molar-refractivity contribution in [1.29, 1.82) is 0 Å². The lowest BCUT2D eigenvalue weighted by molar-refractivity contribution is -0.135. The van der Waals surface area contributed by atoms with Crippen molar-refractivity contribution in [3.8, 4) is 0 Å². The summed E-state index contributed by atoms with van der Waals surface area (Å²) in [4.78, 5) is 0. The van der Waals surface area contributed by atoms with E-state index in [2.05, 4.69) is 5.32 Å². The molecule has 3 saturated carbocycles. The highest BCUT2D eigenvalue weighted by Gasteiger charge is 2.53. The molecule has 0 saturated heterocycles. The molecule has 3 aliphatic carbocycles. The SMILES string of the molecule is FC(F)(F)CCCCNC1CC2CC1C1CCCC21. The lowest BCUT2D eigenvalue weighted by Crippen LogP contribution is -2.39. The van der Waals surface area contributed by atoms with Gasteiger partial charge in [-0.3, -0.25) is 0 Å². The highest BCUT2D eigenvalue weighted by Crippen LogP contribution is 2.58. The molecule has 0 aromatic carbocycles. The van der Waals surface area contributed by atoms with Gasteiger partial charge >= 0.3 is 6.18 Å². The third-order valence-electron chi connectivity index (χ3n) is 5.72. The number of rotatable bonds is 5. The van der Waals surface area contributed by atoms with Crippen molar-refractivity contribution in [2.45, 2.75) is 63.6 Å². The molecule has 5 unspecified atom stereocenters. The van der Waals surface area contributed by atoms with Crippen LogP contribution in [0.3, 0.4) is 0 Å². The predicted molar refractivity (Wildman–Crippen MR) is 68.7 cm³/mol. The Morgan fingerprint density at radius 1 is 0.947 bits per heavy atom. The second-order valence-corrected chi connectivity index (χ2v) is 6.79. The number of fused-ring (bicyclic) bond motifs is 5. The molecule has 3 aliphatic rings. The van der Waals surface area contributed by atoms with E-state index in [1.165, 1.54) is 32.1 Å². The Balaban J connectivity index is 1.36. The molecule has 0 amide bonds. The normalized spacial score (nSPS) is 40.9. The smallest absolute Gasteiger partial charge is 0.314 e. The first-order valence-corrected chi connectivity index (χ1v) is 7.85. The van der Waals surface area contributed by atoms with E-state index in [4.69, 9.17) is 0 Å². The van der Waals surface area contributed by atoms with Gasteiger partial charge in [-0.25, -0.2) is 0 Å². The van der Waals surface area contributed by atoms with Gasteiger partial charge in [-0.1, -0.05) is 6.42 Å². The highest BCUT2D eigenvalue weighted by atomic mass is 19.4. The standard InChI is InChI=1S/C15H24F3N/c16-15(17,18)6-1-2-7-19-14-9-10-8-13(14)12-5-3-4-11(10)12/h10-14,19H,1-9H2. The molecule has 5 atom stereocenters. The van der Waals surface area contributed by atoms with Crippen LogP contribution in [0.25, 0.3) is 0 Å². The van der Waals surface area contributed by atoms with Gasteiger partial charge < -0.3 is 5.32 Å². The monoisotopic (exact) mass is 275 g/mol. The minimum Gasteiger partial charge on any atom is -0.314 e. The number of halogens is 3. The molecular formula is C15H24F3N. The molecule has 3 rings (SSSR count). The van der Waals surface area contributed by atoms with Gasteiger partial charge in [0.25, 0.3) is 0 Å². The molecular weight excluding hydrogens is 251 g/mol. The maximum absolute atomic E-state index is 12.0. The number of alkyl halides is 3. The summed E-state index contributed by atoms with van der Waals surface area (Å²) in [7, 11) is 0. The second kappa shape index (κ2) is 5.27. The highest BCUT2D eigenvalue weighted by molar-refractivity contribution is 5.05. The van der Waals surface area contributed by atoms with Gasteiger partial charge in [-0.05, 0) is 68.7 Å². The van der Waals surface area contributed by atoms with Crippen molar-refractivity contribution in [3.05, 3.63) is 0 Å². The molecule has 110 valence electrons. The van der Waals surface area contributed by atoms with Crippen molar-refractivity contribution in [3.63, 3.8) is 0 Å². The molecule has 3 fully saturated rings. The van der Waals surface area contributed by atoms with E-state index in [0.29, 0.717) is 12.5 Å². The van der Waals surface area contributed by atoms with Crippen molar-refractivity contribution in [1.82, 2.24) is 5.32 Å². The van der Waals surface area contributed by atoms with Crippen molar-refractivity contribution >= 4 is 0 Å². The maximum Gasteiger partial charge on any atom is 0.389 e. The van der Waals surface area contributed by atoms with Crippen molar-refractivity contribution in [2.24, 2.45) is 23.7 Å². The number of hydrogen-bond donors (Lipinski definition) is 1. The molecule has 4 heteroatoms. The minimum absolute atomic E-state index is 0.267. The van der Waals surface area contributed by atoms with E-state index in [1.54, 1.807) is 0 Å². The molecule has 2 bridgehead atoms. The summed E-state index contributed by atoms with van der Waals surface area (Å²) in [5.41, 5.74) is 0. The summed E-state index contributed by atoms with van der Waals surface area (Å²) >= 11 is 0. The zero-order valence-corrected chi connectivity index (χ0v) is 11.4. The van der Waals surface area contributed by atoms with Crippen molar-refractivity contribution < 1.29 is 13.2 Å². The fraction of sp³-hybridized carbons (Fsp3) is 1.00. The average Bonchev–Trinajstić information content (AvgIpc) is 2.98. The molecule has 0 aliphatic heterocycles. The number of hydrogen-bond acceptors (Lipinski definition) is 1. The Kier molecular flexibility index (Phi) is 3.80. The summed E-state index contributed by atoms with van der Waals surface area (Å²) in [5, 5.41) is 3.54. The summed E-state index contributed by atoms with van der Waals surface area (Å²) in [6.07, 6.45) is 3.22. The van der Waals surface area contributed by atoms with Gasteiger partial charge in [-0.2, -0.15) is 13.2 Å². The van der Waals surface area contributed by atoms with Crippen LogP contribution in [0, 0.1) is 23.7 Å². The van der Waals surface area contributed by atoms with Crippen molar-refractivity contribution in [2.75, 3.05) is 6.54 Å². The predicted octanol–water partition coefficient (Wildman–Crippen LogP) is 4.13. The third kappa shape index (κ3) is 2.93. The average molecular weight is 275 g/mol. The molecule has 0 heterocycles. The second-order valence-electron chi connectivity index (χ2n) is 6.79. The van der Waals surface area contributed by atoms with Crippen LogP contribution in [-0.4, -0.2) is 18.8 Å². The summed E-state index contributed by atoms with van der Waals surface area (Å²) < 4.78 is 36.1. The van der Waals surface area contributed by atoms with Gasteiger partial charge in [0, 0.05) is 12.5 Å². The van der Waals surface area contributed by atoms with E-state index in [1.807, 2.05) is 0 Å². The van der Waals surface area contributed by atoms with Gasteiger partial charge in [0.2, 0.25) is 0 Å². The third-order valence-corrected chi connectivity index (χ3v) is 5.72. The molecule has 0 spiro atoms.